The second kappa shape index (κ2) is 6.19. The molecule has 0 atom stereocenters. The van der Waals surface area contributed by atoms with Gasteiger partial charge in [-0.05, 0) is 28.0 Å². The standard InChI is InChI=1S/C11H15N7S/c12-10(13)19-6-5-8-1-3-9(4-2-8)7-18-11(14)15-16-17-18/h1-4H,5-7H2,(H3,12,13)(H2,14,15,17). The lowest BCUT2D eigenvalue weighted by Crippen LogP contribution is -2.07. The lowest BCUT2D eigenvalue weighted by atomic mass is 10.1. The number of nitrogens with one attached hydrogen (secondary N) is 1. The summed E-state index contributed by atoms with van der Waals surface area (Å²) in [6.45, 7) is 0.557. The molecule has 0 aliphatic carbocycles. The summed E-state index contributed by atoms with van der Waals surface area (Å²) in [6.07, 6.45) is 0.886. The van der Waals surface area contributed by atoms with Crippen LogP contribution in [0.1, 0.15) is 11.1 Å². The monoisotopic (exact) mass is 277 g/mol. The van der Waals surface area contributed by atoms with E-state index in [9.17, 15) is 0 Å². The van der Waals surface area contributed by atoms with Gasteiger partial charge < -0.3 is 11.5 Å². The summed E-state index contributed by atoms with van der Waals surface area (Å²) in [5.41, 5.74) is 13.2. The zero-order valence-electron chi connectivity index (χ0n) is 10.3. The van der Waals surface area contributed by atoms with Crippen LogP contribution in [0.5, 0.6) is 0 Å². The van der Waals surface area contributed by atoms with Crippen LogP contribution >= 0.6 is 11.8 Å². The summed E-state index contributed by atoms with van der Waals surface area (Å²) in [5, 5.41) is 18.2. The van der Waals surface area contributed by atoms with Crippen molar-refractivity contribution >= 4 is 22.9 Å². The molecule has 1 heterocycles. The first kappa shape index (κ1) is 13.3. The molecule has 19 heavy (non-hydrogen) atoms. The number of thioether (sulfide) groups is 1. The maximum absolute atomic E-state index is 7.13. The van der Waals surface area contributed by atoms with Gasteiger partial charge in [-0.1, -0.05) is 41.1 Å². The van der Waals surface area contributed by atoms with E-state index in [1.807, 2.05) is 12.1 Å². The molecule has 0 saturated heterocycles. The highest BCUT2D eigenvalue weighted by Crippen LogP contribution is 2.10. The number of benzene rings is 1. The van der Waals surface area contributed by atoms with Gasteiger partial charge in [-0.25, -0.2) is 4.68 Å². The minimum atomic E-state index is 0.158. The van der Waals surface area contributed by atoms with Crippen molar-refractivity contribution in [3.8, 4) is 0 Å². The number of nitrogen functional groups attached to an aromatic ring is 1. The second-order valence-corrected chi connectivity index (χ2v) is 5.11. The van der Waals surface area contributed by atoms with E-state index in [4.69, 9.17) is 16.9 Å². The largest absolute Gasteiger partial charge is 0.379 e. The van der Waals surface area contributed by atoms with Crippen molar-refractivity contribution in [1.29, 1.82) is 5.41 Å². The van der Waals surface area contributed by atoms with Gasteiger partial charge in [0.05, 0.1) is 6.54 Å². The number of hydrogen-bond acceptors (Lipinski definition) is 6. The fourth-order valence-corrected chi connectivity index (χ4v) is 2.14. The van der Waals surface area contributed by atoms with Crippen LogP contribution in [0.3, 0.4) is 0 Å². The van der Waals surface area contributed by atoms with E-state index >= 15 is 0 Å². The molecule has 5 N–H and O–H groups in total. The molecule has 0 saturated carbocycles. The minimum absolute atomic E-state index is 0.158. The Kier molecular flexibility index (Phi) is 4.35. The van der Waals surface area contributed by atoms with E-state index in [1.54, 1.807) is 4.68 Å². The SMILES string of the molecule is N=C(N)SCCc1ccc(Cn2nnnc2N)cc1. The number of aryl methyl sites for hydroxylation is 1. The fourth-order valence-electron chi connectivity index (χ4n) is 1.59. The van der Waals surface area contributed by atoms with Crippen LogP contribution in [-0.4, -0.2) is 31.1 Å². The van der Waals surface area contributed by atoms with Gasteiger partial charge in [0.2, 0.25) is 5.95 Å². The summed E-state index contributed by atoms with van der Waals surface area (Å²) in [5.74, 6) is 1.12. The summed E-state index contributed by atoms with van der Waals surface area (Å²) >= 11 is 1.35. The number of anilines is 1. The van der Waals surface area contributed by atoms with Gasteiger partial charge in [-0.2, -0.15) is 0 Å². The normalized spacial score (nSPS) is 10.5. The van der Waals surface area contributed by atoms with Gasteiger partial charge in [0.25, 0.3) is 0 Å². The zero-order chi connectivity index (χ0) is 13.7. The highest BCUT2D eigenvalue weighted by atomic mass is 32.2. The number of rotatable bonds is 5. The average Bonchev–Trinajstić information content (AvgIpc) is 2.77. The number of tetrazole rings is 1. The van der Waals surface area contributed by atoms with E-state index < -0.39 is 0 Å². The molecule has 0 unspecified atom stereocenters. The number of amidine groups is 1. The Hall–Kier alpha value is -2.09. The van der Waals surface area contributed by atoms with Crippen molar-refractivity contribution in [1.82, 2.24) is 20.2 Å². The zero-order valence-corrected chi connectivity index (χ0v) is 11.1. The van der Waals surface area contributed by atoms with Gasteiger partial charge >= 0.3 is 0 Å². The van der Waals surface area contributed by atoms with E-state index in [-0.39, 0.29) is 5.17 Å². The smallest absolute Gasteiger partial charge is 0.240 e. The Morgan fingerprint density at radius 1 is 1.26 bits per heavy atom. The Morgan fingerprint density at radius 3 is 2.53 bits per heavy atom. The third kappa shape index (κ3) is 3.95. The van der Waals surface area contributed by atoms with Crippen LogP contribution < -0.4 is 11.5 Å². The highest BCUT2D eigenvalue weighted by Gasteiger charge is 2.02. The van der Waals surface area contributed by atoms with E-state index in [0.29, 0.717) is 12.5 Å². The predicted molar refractivity (Wildman–Crippen MR) is 75.8 cm³/mol. The van der Waals surface area contributed by atoms with Crippen LogP contribution in [-0.2, 0) is 13.0 Å². The maximum Gasteiger partial charge on any atom is 0.240 e. The Labute approximate surface area is 114 Å². The molecule has 0 amide bonds. The molecule has 0 spiro atoms. The summed E-state index contributed by atoms with van der Waals surface area (Å²) in [4.78, 5) is 0. The van der Waals surface area contributed by atoms with E-state index in [2.05, 4.69) is 27.7 Å². The fraction of sp³-hybridized carbons (Fsp3) is 0.273. The topological polar surface area (TPSA) is 119 Å². The first-order chi connectivity index (χ1) is 9.15. The predicted octanol–water partition coefficient (Wildman–Crippen LogP) is 0.473. The van der Waals surface area contributed by atoms with Crippen molar-refractivity contribution in [2.24, 2.45) is 5.73 Å². The van der Waals surface area contributed by atoms with Crippen molar-refractivity contribution in [2.75, 3.05) is 11.5 Å². The first-order valence-electron chi connectivity index (χ1n) is 5.71. The van der Waals surface area contributed by atoms with E-state index in [0.717, 1.165) is 17.7 Å². The van der Waals surface area contributed by atoms with Gasteiger partial charge in [0, 0.05) is 5.75 Å². The summed E-state index contributed by atoms with van der Waals surface area (Å²) in [6, 6.07) is 8.15. The Balaban J connectivity index is 1.91. The van der Waals surface area contributed by atoms with Crippen molar-refractivity contribution in [3.05, 3.63) is 35.4 Å². The van der Waals surface area contributed by atoms with E-state index in [1.165, 1.54) is 17.3 Å². The van der Waals surface area contributed by atoms with Crippen LogP contribution in [0, 0.1) is 5.41 Å². The molecular formula is C11H15N7S. The van der Waals surface area contributed by atoms with Crippen LogP contribution in [0.4, 0.5) is 5.95 Å². The Morgan fingerprint density at radius 2 is 1.95 bits per heavy atom. The molecule has 2 rings (SSSR count). The summed E-state index contributed by atoms with van der Waals surface area (Å²) in [7, 11) is 0. The van der Waals surface area contributed by atoms with Gasteiger partial charge in [0.15, 0.2) is 5.17 Å². The molecular weight excluding hydrogens is 262 g/mol. The molecule has 100 valence electrons. The third-order valence-electron chi connectivity index (χ3n) is 2.56. The molecule has 0 bridgehead atoms. The molecule has 0 fully saturated rings. The van der Waals surface area contributed by atoms with Crippen molar-refractivity contribution in [3.63, 3.8) is 0 Å². The number of nitrogens with zero attached hydrogens (tertiary/aromatic N) is 4. The van der Waals surface area contributed by atoms with Gasteiger partial charge in [0.1, 0.15) is 0 Å². The maximum atomic E-state index is 7.13. The summed E-state index contributed by atoms with van der Waals surface area (Å²) < 4.78 is 1.54. The van der Waals surface area contributed by atoms with Crippen LogP contribution in [0.25, 0.3) is 0 Å². The molecule has 0 aliphatic rings. The lowest BCUT2D eigenvalue weighted by molar-refractivity contribution is 0.655. The number of aromatic nitrogens is 4. The molecule has 0 radical (unpaired) electrons. The number of nitrogens with two attached hydrogens (primary N) is 2. The van der Waals surface area contributed by atoms with Crippen LogP contribution in [0.2, 0.25) is 0 Å². The average molecular weight is 277 g/mol. The molecule has 0 aliphatic heterocycles. The first-order valence-corrected chi connectivity index (χ1v) is 6.70. The lowest BCUT2D eigenvalue weighted by Gasteiger charge is -2.04. The molecule has 8 heteroatoms. The van der Waals surface area contributed by atoms with Gasteiger partial charge in [-0.3, -0.25) is 5.41 Å². The highest BCUT2D eigenvalue weighted by molar-refractivity contribution is 8.13. The minimum Gasteiger partial charge on any atom is -0.379 e. The molecule has 1 aromatic heterocycles. The van der Waals surface area contributed by atoms with Crippen molar-refractivity contribution in [2.45, 2.75) is 13.0 Å². The molecule has 1 aromatic carbocycles. The van der Waals surface area contributed by atoms with Crippen molar-refractivity contribution < 1.29 is 0 Å². The molecule has 2 aromatic rings. The second-order valence-electron chi connectivity index (χ2n) is 3.97. The quantitative estimate of drug-likeness (QED) is 0.540. The number of hydrogen-bond donors (Lipinski definition) is 3. The van der Waals surface area contributed by atoms with Gasteiger partial charge in [-0.15, -0.1) is 0 Å². The molecule has 7 nitrogen and oxygen atoms in total. The van der Waals surface area contributed by atoms with Crippen LogP contribution in [0.15, 0.2) is 24.3 Å². The third-order valence-corrected chi connectivity index (χ3v) is 3.28. The Bertz CT molecular complexity index is 548.